The van der Waals surface area contributed by atoms with Gasteiger partial charge in [0.15, 0.2) is 11.4 Å². The van der Waals surface area contributed by atoms with E-state index in [4.69, 9.17) is 16.3 Å². The molecule has 10 heteroatoms. The highest BCUT2D eigenvalue weighted by Gasteiger charge is 2.66. The number of Topliss-reactive ketones (excluding diaryl/α,β-unsaturated/α-hetero) is 1. The maximum absolute atomic E-state index is 13.8. The van der Waals surface area contributed by atoms with Gasteiger partial charge in [-0.1, -0.05) is 23.7 Å². The van der Waals surface area contributed by atoms with Gasteiger partial charge in [-0.25, -0.2) is 4.68 Å². The molecular formula is C29H37ClF3N3O3. The van der Waals surface area contributed by atoms with Crippen molar-refractivity contribution in [3.63, 3.8) is 0 Å². The zero-order valence-electron chi connectivity index (χ0n) is 22.5. The van der Waals surface area contributed by atoms with Gasteiger partial charge in [0, 0.05) is 18.1 Å². The highest BCUT2D eigenvalue weighted by atomic mass is 35.5. The van der Waals surface area contributed by atoms with Crippen molar-refractivity contribution in [2.75, 3.05) is 13.7 Å². The van der Waals surface area contributed by atoms with Crippen LogP contribution >= 0.6 is 11.6 Å². The van der Waals surface area contributed by atoms with Gasteiger partial charge in [0.05, 0.1) is 12.1 Å². The minimum atomic E-state index is -4.62. The molecule has 6 rings (SSSR count). The molecule has 0 radical (unpaired) electrons. The van der Waals surface area contributed by atoms with Gasteiger partial charge in [-0.05, 0) is 110 Å². The molecule has 1 heterocycles. The fraction of sp³-hybridized carbons (Fsp3) is 0.759. The monoisotopic (exact) mass is 567 g/mol. The van der Waals surface area contributed by atoms with Crippen LogP contribution in [0.15, 0.2) is 18.2 Å². The summed E-state index contributed by atoms with van der Waals surface area (Å²) in [5, 5.41) is 19.5. The SMILES string of the molecule is COCC12CC[C@](O)(C(F)(F)F)C[C@H]1CC[C@@H]1[C@@H]2CC[C@]2(C)[C@@H](C(=O)Cn3nnc4ccc(Cl)cc43)CC[C@@H]12. The predicted molar refractivity (Wildman–Crippen MR) is 140 cm³/mol. The summed E-state index contributed by atoms with van der Waals surface area (Å²) in [5.41, 5.74) is -1.65. The maximum atomic E-state index is 13.8. The Kier molecular flexibility index (Phi) is 6.63. The lowest BCUT2D eigenvalue weighted by atomic mass is 9.43. The number of hydrogen-bond acceptors (Lipinski definition) is 5. The van der Waals surface area contributed by atoms with Crippen LogP contribution in [0.4, 0.5) is 13.2 Å². The first-order valence-corrected chi connectivity index (χ1v) is 14.6. The van der Waals surface area contributed by atoms with Crippen LogP contribution in [0.2, 0.25) is 5.02 Å². The molecule has 39 heavy (non-hydrogen) atoms. The van der Waals surface area contributed by atoms with E-state index in [-0.39, 0.29) is 53.8 Å². The Labute approximate surface area is 231 Å². The van der Waals surface area contributed by atoms with Crippen LogP contribution in [0.1, 0.15) is 64.7 Å². The van der Waals surface area contributed by atoms with Gasteiger partial charge < -0.3 is 9.84 Å². The number of aromatic nitrogens is 3. The molecule has 1 aromatic carbocycles. The molecule has 4 aliphatic rings. The summed E-state index contributed by atoms with van der Waals surface area (Å²) in [6.07, 6.45) is 0.269. The van der Waals surface area contributed by atoms with Crippen molar-refractivity contribution in [1.82, 2.24) is 15.0 Å². The van der Waals surface area contributed by atoms with Gasteiger partial charge in [-0.3, -0.25) is 4.79 Å². The van der Waals surface area contributed by atoms with Gasteiger partial charge in [0.25, 0.3) is 0 Å². The highest BCUT2D eigenvalue weighted by Crippen LogP contribution is 2.69. The molecule has 4 aliphatic carbocycles. The van der Waals surface area contributed by atoms with Crippen molar-refractivity contribution in [3.8, 4) is 0 Å². The molecule has 8 atom stereocenters. The quantitative estimate of drug-likeness (QED) is 0.463. The molecule has 0 spiro atoms. The summed E-state index contributed by atoms with van der Waals surface area (Å²) in [4.78, 5) is 13.7. The number of hydrogen-bond donors (Lipinski definition) is 1. The van der Waals surface area contributed by atoms with Crippen LogP contribution in [-0.2, 0) is 16.1 Å². The predicted octanol–water partition coefficient (Wildman–Crippen LogP) is 6.23. The first-order chi connectivity index (χ1) is 18.4. The van der Waals surface area contributed by atoms with Crippen LogP contribution in [0.25, 0.3) is 11.0 Å². The molecular weight excluding hydrogens is 531 g/mol. The Hall–Kier alpha value is -1.71. The molecule has 0 bridgehead atoms. The molecule has 0 aliphatic heterocycles. The van der Waals surface area contributed by atoms with Gasteiger partial charge in [0.1, 0.15) is 12.1 Å². The average Bonchev–Trinajstić information content (AvgIpc) is 3.44. The van der Waals surface area contributed by atoms with E-state index in [1.807, 2.05) is 0 Å². The number of alkyl halides is 3. The normalized spacial score (nSPS) is 40.2. The van der Waals surface area contributed by atoms with Gasteiger partial charge in [-0.15, -0.1) is 5.10 Å². The van der Waals surface area contributed by atoms with E-state index in [1.165, 1.54) is 0 Å². The topological polar surface area (TPSA) is 77.2 Å². The Morgan fingerprint density at radius 1 is 1.15 bits per heavy atom. The highest BCUT2D eigenvalue weighted by molar-refractivity contribution is 6.31. The third-order valence-electron chi connectivity index (χ3n) is 11.5. The fourth-order valence-electron chi connectivity index (χ4n) is 9.70. The van der Waals surface area contributed by atoms with Crippen LogP contribution in [0.5, 0.6) is 0 Å². The van der Waals surface area contributed by atoms with Gasteiger partial charge in [0.2, 0.25) is 0 Å². The fourth-order valence-corrected chi connectivity index (χ4v) is 9.86. The molecule has 1 unspecified atom stereocenters. The summed E-state index contributed by atoms with van der Waals surface area (Å²) in [7, 11) is 1.64. The van der Waals surface area contributed by atoms with Crippen molar-refractivity contribution >= 4 is 28.4 Å². The zero-order chi connectivity index (χ0) is 27.8. The molecule has 4 saturated carbocycles. The van der Waals surface area contributed by atoms with Crippen molar-refractivity contribution < 1.29 is 27.8 Å². The molecule has 1 N–H and O–H groups in total. The lowest BCUT2D eigenvalue weighted by Crippen LogP contribution is -2.61. The Morgan fingerprint density at radius 2 is 1.95 bits per heavy atom. The van der Waals surface area contributed by atoms with Gasteiger partial charge >= 0.3 is 6.18 Å². The van der Waals surface area contributed by atoms with Crippen LogP contribution in [0.3, 0.4) is 0 Å². The number of carbonyl (C=O) groups excluding carboxylic acids is 1. The third kappa shape index (κ3) is 4.16. The summed E-state index contributed by atoms with van der Waals surface area (Å²) in [5.74, 6) is 0.830. The van der Waals surface area contributed by atoms with Crippen molar-refractivity contribution in [3.05, 3.63) is 23.2 Å². The number of rotatable bonds is 5. The Balaban J connectivity index is 1.23. The molecule has 2 aromatic rings. The lowest BCUT2D eigenvalue weighted by Gasteiger charge is -2.62. The lowest BCUT2D eigenvalue weighted by molar-refractivity contribution is -0.294. The molecule has 0 saturated heterocycles. The number of benzene rings is 1. The minimum absolute atomic E-state index is 0.0836. The third-order valence-corrected chi connectivity index (χ3v) is 11.8. The molecule has 1 aromatic heterocycles. The average molecular weight is 568 g/mol. The zero-order valence-corrected chi connectivity index (χ0v) is 23.3. The van der Waals surface area contributed by atoms with Gasteiger partial charge in [-0.2, -0.15) is 13.2 Å². The number of ether oxygens (including phenoxy) is 1. The number of aliphatic hydroxyl groups is 1. The van der Waals surface area contributed by atoms with E-state index >= 15 is 0 Å². The Bertz CT molecular complexity index is 1270. The van der Waals surface area contributed by atoms with E-state index in [1.54, 1.807) is 30.0 Å². The molecule has 6 nitrogen and oxygen atoms in total. The van der Waals surface area contributed by atoms with E-state index in [0.717, 1.165) is 37.6 Å². The van der Waals surface area contributed by atoms with Crippen molar-refractivity contribution in [1.29, 1.82) is 0 Å². The summed E-state index contributed by atoms with van der Waals surface area (Å²) in [6.45, 7) is 2.85. The standard InChI is InChI=1S/C29H37ClF3N3O3/c1-26-10-9-21-19(5-3-17-14-28(38,29(31,32)33)12-11-27(17,21)16-39-2)20(26)6-7-22(26)25(37)15-36-24-13-18(30)4-8-23(24)34-35-36/h4,8,13,17,19-22,38H,3,5-7,9-12,14-16H2,1-2H3/t17-,19+,20+,21+,22-,26+,27?,28-/m1/s1. The second-order valence-corrected chi connectivity index (χ2v) is 13.5. The van der Waals surface area contributed by atoms with E-state index in [2.05, 4.69) is 17.2 Å². The summed E-state index contributed by atoms with van der Waals surface area (Å²) >= 11 is 6.18. The van der Waals surface area contributed by atoms with Crippen LogP contribution < -0.4 is 0 Å². The number of carbonyl (C=O) groups is 1. The summed E-state index contributed by atoms with van der Waals surface area (Å²) in [6, 6.07) is 5.34. The van der Waals surface area contributed by atoms with Crippen molar-refractivity contribution in [2.45, 2.75) is 83.0 Å². The van der Waals surface area contributed by atoms with E-state index in [0.29, 0.717) is 41.8 Å². The molecule has 4 fully saturated rings. The maximum Gasteiger partial charge on any atom is 0.417 e. The van der Waals surface area contributed by atoms with Crippen LogP contribution in [0, 0.1) is 40.4 Å². The second kappa shape index (κ2) is 9.41. The number of nitrogens with zero attached hydrogens (tertiary/aromatic N) is 3. The van der Waals surface area contributed by atoms with Crippen LogP contribution in [-0.4, -0.2) is 51.4 Å². The molecule has 0 amide bonds. The first kappa shape index (κ1) is 27.5. The first-order valence-electron chi connectivity index (χ1n) is 14.2. The molecule has 214 valence electrons. The van der Waals surface area contributed by atoms with Crippen molar-refractivity contribution in [2.24, 2.45) is 40.4 Å². The largest absolute Gasteiger partial charge is 0.417 e. The number of methoxy groups -OCH3 is 1. The number of halogens is 4. The number of fused-ring (bicyclic) bond motifs is 6. The van der Waals surface area contributed by atoms with E-state index in [9.17, 15) is 23.1 Å². The summed E-state index contributed by atoms with van der Waals surface area (Å²) < 4.78 is 48.7. The smallest absolute Gasteiger partial charge is 0.384 e. The number of ketones is 1. The van der Waals surface area contributed by atoms with E-state index < -0.39 is 11.8 Å². The Morgan fingerprint density at radius 3 is 2.69 bits per heavy atom. The minimum Gasteiger partial charge on any atom is -0.384 e. The second-order valence-electron chi connectivity index (χ2n) is 13.1.